The molecule has 0 spiro atoms. The maximum atomic E-state index is 10.9. The van der Waals surface area contributed by atoms with Crippen LogP contribution in [0.25, 0.3) is 0 Å². The quantitative estimate of drug-likeness (QED) is 0.341. The molecule has 1 atom stereocenters. The number of amides is 1. The van der Waals surface area contributed by atoms with E-state index in [2.05, 4.69) is 62.0 Å². The zero-order chi connectivity index (χ0) is 17.8. The first-order valence-corrected chi connectivity index (χ1v) is 9.35. The summed E-state index contributed by atoms with van der Waals surface area (Å²) in [6.07, 6.45) is 2.10. The molecule has 1 aromatic carbocycles. The number of carbonyl (C=O) groups is 1. The fourth-order valence-corrected chi connectivity index (χ4v) is 2.76. The van der Waals surface area contributed by atoms with Crippen LogP contribution in [0.1, 0.15) is 32.8 Å². The molecule has 0 fully saturated rings. The van der Waals surface area contributed by atoms with Gasteiger partial charge in [-0.1, -0.05) is 41.4 Å². The summed E-state index contributed by atoms with van der Waals surface area (Å²) in [4.78, 5) is 15.6. The van der Waals surface area contributed by atoms with Gasteiger partial charge in [-0.15, -0.1) is 0 Å². The predicted molar refractivity (Wildman–Crippen MR) is 104 cm³/mol. The molecule has 1 rings (SSSR count). The topological polar surface area (TPSA) is 65.5 Å². The predicted octanol–water partition coefficient (Wildman–Crippen LogP) is 2.71. The molecule has 1 aromatic rings. The average Bonchev–Trinajstić information content (AvgIpc) is 2.54. The molecular formula is C18H29BrN4O. The standard InChI is InChI=1S/C18H29BrN4O/c1-4-15(11-16-7-6-8-17(19)12-16)13-23-18(20-5-2)22-10-9-21-14(3)24/h6-8,12,15H,4-5,9-11,13H2,1-3H3,(H,21,24)(H2,20,22,23). The number of halogens is 1. The molecule has 134 valence electrons. The van der Waals surface area contributed by atoms with Crippen LogP contribution in [0.2, 0.25) is 0 Å². The monoisotopic (exact) mass is 396 g/mol. The van der Waals surface area contributed by atoms with Crippen molar-refractivity contribution in [2.45, 2.75) is 33.6 Å². The molecule has 0 saturated heterocycles. The molecule has 0 heterocycles. The lowest BCUT2D eigenvalue weighted by molar-refractivity contribution is -0.118. The lowest BCUT2D eigenvalue weighted by Crippen LogP contribution is -2.41. The first-order valence-electron chi connectivity index (χ1n) is 8.56. The van der Waals surface area contributed by atoms with Crippen LogP contribution in [-0.2, 0) is 11.2 Å². The number of rotatable bonds is 9. The van der Waals surface area contributed by atoms with E-state index in [0.717, 1.165) is 36.4 Å². The molecule has 1 amide bonds. The number of hydrogen-bond acceptors (Lipinski definition) is 2. The van der Waals surface area contributed by atoms with E-state index in [0.29, 0.717) is 19.0 Å². The van der Waals surface area contributed by atoms with Gasteiger partial charge in [0.1, 0.15) is 0 Å². The van der Waals surface area contributed by atoms with Crippen molar-refractivity contribution in [1.82, 2.24) is 16.0 Å². The van der Waals surface area contributed by atoms with Crippen molar-refractivity contribution in [1.29, 1.82) is 0 Å². The normalized spacial score (nSPS) is 12.6. The van der Waals surface area contributed by atoms with Crippen LogP contribution in [0.15, 0.2) is 33.7 Å². The second-order valence-corrected chi connectivity index (χ2v) is 6.65. The zero-order valence-corrected chi connectivity index (χ0v) is 16.4. The van der Waals surface area contributed by atoms with Crippen LogP contribution in [0, 0.1) is 5.92 Å². The number of benzene rings is 1. The van der Waals surface area contributed by atoms with Gasteiger partial charge in [-0.25, -0.2) is 0 Å². The molecule has 24 heavy (non-hydrogen) atoms. The number of carbonyl (C=O) groups excluding carboxylic acids is 1. The Bertz CT molecular complexity index is 534. The summed E-state index contributed by atoms with van der Waals surface area (Å²) < 4.78 is 1.12. The molecule has 0 bridgehead atoms. The van der Waals surface area contributed by atoms with E-state index >= 15 is 0 Å². The van der Waals surface area contributed by atoms with Gasteiger partial charge in [0.25, 0.3) is 0 Å². The van der Waals surface area contributed by atoms with Gasteiger partial charge in [0.05, 0.1) is 0 Å². The highest BCUT2D eigenvalue weighted by molar-refractivity contribution is 9.10. The van der Waals surface area contributed by atoms with Gasteiger partial charge in [0, 0.05) is 37.6 Å². The smallest absolute Gasteiger partial charge is 0.216 e. The molecule has 0 aromatic heterocycles. The van der Waals surface area contributed by atoms with Gasteiger partial charge >= 0.3 is 0 Å². The number of aliphatic imine (C=N–C) groups is 1. The van der Waals surface area contributed by atoms with Crippen LogP contribution < -0.4 is 16.0 Å². The number of nitrogens with one attached hydrogen (secondary N) is 3. The first kappa shape index (κ1) is 20.5. The fourth-order valence-electron chi connectivity index (χ4n) is 2.32. The molecule has 1 unspecified atom stereocenters. The van der Waals surface area contributed by atoms with Gasteiger partial charge in [-0.2, -0.15) is 0 Å². The van der Waals surface area contributed by atoms with E-state index < -0.39 is 0 Å². The van der Waals surface area contributed by atoms with E-state index in [1.165, 1.54) is 12.5 Å². The molecule has 0 aliphatic rings. The average molecular weight is 397 g/mol. The Labute approximate surface area is 153 Å². The Morgan fingerprint density at radius 2 is 1.96 bits per heavy atom. The minimum Gasteiger partial charge on any atom is -0.357 e. The summed E-state index contributed by atoms with van der Waals surface area (Å²) in [7, 11) is 0. The zero-order valence-electron chi connectivity index (χ0n) is 14.9. The third-order valence-corrected chi connectivity index (χ3v) is 4.13. The fraction of sp³-hybridized carbons (Fsp3) is 0.556. The highest BCUT2D eigenvalue weighted by Crippen LogP contribution is 2.17. The summed E-state index contributed by atoms with van der Waals surface area (Å²) in [5.41, 5.74) is 1.33. The van der Waals surface area contributed by atoms with E-state index in [1.54, 1.807) is 0 Å². The van der Waals surface area contributed by atoms with Gasteiger partial charge in [-0.05, 0) is 37.0 Å². The minimum absolute atomic E-state index is 0.0150. The second kappa shape index (κ2) is 11.9. The lowest BCUT2D eigenvalue weighted by Gasteiger charge is -2.15. The van der Waals surface area contributed by atoms with Crippen LogP contribution in [0.5, 0.6) is 0 Å². The van der Waals surface area contributed by atoms with Crippen molar-refractivity contribution in [2.24, 2.45) is 10.9 Å². The highest BCUT2D eigenvalue weighted by Gasteiger charge is 2.08. The lowest BCUT2D eigenvalue weighted by atomic mass is 9.97. The molecule has 0 radical (unpaired) electrons. The van der Waals surface area contributed by atoms with Crippen LogP contribution >= 0.6 is 15.9 Å². The van der Waals surface area contributed by atoms with E-state index in [-0.39, 0.29) is 5.91 Å². The van der Waals surface area contributed by atoms with Gasteiger partial charge < -0.3 is 16.0 Å². The van der Waals surface area contributed by atoms with Crippen molar-refractivity contribution in [3.8, 4) is 0 Å². The Kier molecular flexibility index (Phi) is 10.2. The molecule has 3 N–H and O–H groups in total. The Hall–Kier alpha value is -1.56. The molecular weight excluding hydrogens is 368 g/mol. The van der Waals surface area contributed by atoms with Crippen LogP contribution in [0.3, 0.4) is 0 Å². The molecule has 0 aliphatic carbocycles. The molecule has 6 heteroatoms. The van der Waals surface area contributed by atoms with Crippen LogP contribution in [0.4, 0.5) is 0 Å². The van der Waals surface area contributed by atoms with Gasteiger partial charge in [0.15, 0.2) is 5.96 Å². The minimum atomic E-state index is -0.0150. The SMILES string of the molecule is CCNC(=NCC(CC)Cc1cccc(Br)c1)NCCNC(C)=O. The summed E-state index contributed by atoms with van der Waals surface area (Å²) in [6, 6.07) is 8.45. The second-order valence-electron chi connectivity index (χ2n) is 5.74. The first-order chi connectivity index (χ1) is 11.5. The van der Waals surface area contributed by atoms with Crippen molar-refractivity contribution in [2.75, 3.05) is 26.2 Å². The van der Waals surface area contributed by atoms with E-state index in [9.17, 15) is 4.79 Å². The Morgan fingerprint density at radius 3 is 2.58 bits per heavy atom. The van der Waals surface area contributed by atoms with Crippen molar-refractivity contribution < 1.29 is 4.79 Å². The maximum Gasteiger partial charge on any atom is 0.216 e. The van der Waals surface area contributed by atoms with Gasteiger partial charge in [0.2, 0.25) is 5.91 Å². The summed E-state index contributed by atoms with van der Waals surface area (Å²) in [6.45, 7) is 8.61. The van der Waals surface area contributed by atoms with E-state index in [1.807, 2.05) is 13.0 Å². The third kappa shape index (κ3) is 8.91. The maximum absolute atomic E-state index is 10.9. The van der Waals surface area contributed by atoms with Crippen molar-refractivity contribution in [3.63, 3.8) is 0 Å². The summed E-state index contributed by atoms with van der Waals surface area (Å²) in [5, 5.41) is 9.26. The third-order valence-electron chi connectivity index (χ3n) is 3.63. The summed E-state index contributed by atoms with van der Waals surface area (Å²) >= 11 is 3.52. The van der Waals surface area contributed by atoms with Gasteiger partial charge in [-0.3, -0.25) is 9.79 Å². The van der Waals surface area contributed by atoms with Crippen molar-refractivity contribution in [3.05, 3.63) is 34.3 Å². The van der Waals surface area contributed by atoms with Crippen LogP contribution in [-0.4, -0.2) is 38.0 Å². The summed E-state index contributed by atoms with van der Waals surface area (Å²) in [5.74, 6) is 1.29. The Morgan fingerprint density at radius 1 is 1.21 bits per heavy atom. The van der Waals surface area contributed by atoms with E-state index in [4.69, 9.17) is 0 Å². The molecule has 0 aliphatic heterocycles. The number of hydrogen-bond donors (Lipinski definition) is 3. The molecule has 0 saturated carbocycles. The highest BCUT2D eigenvalue weighted by atomic mass is 79.9. The largest absolute Gasteiger partial charge is 0.357 e. The number of guanidine groups is 1. The van der Waals surface area contributed by atoms with Crippen molar-refractivity contribution >= 4 is 27.8 Å². The number of nitrogens with zero attached hydrogens (tertiary/aromatic N) is 1. The Balaban J connectivity index is 2.53. The molecule has 5 nitrogen and oxygen atoms in total.